The van der Waals surface area contributed by atoms with E-state index in [2.05, 4.69) is 22.3 Å². The van der Waals surface area contributed by atoms with E-state index >= 15 is 0 Å². The van der Waals surface area contributed by atoms with Gasteiger partial charge < -0.3 is 15.0 Å². The Kier molecular flexibility index (Phi) is 7.78. The van der Waals surface area contributed by atoms with Crippen LogP contribution in [0.25, 0.3) is 0 Å². The summed E-state index contributed by atoms with van der Waals surface area (Å²) in [5.41, 5.74) is 1.55. The zero-order chi connectivity index (χ0) is 23.4. The standard InChI is InChI=1S/C25H29Cl2N3O3/c1-33-21-8-6-17(7-9-21)23(29-10-2-3-11-29)16-28-24(31)22-5-4-12-30(22)25(32)18-13-19(26)15-20(27)14-18/h6-9,13-15,22-23H,2-5,10-12,16H2,1H3,(H,28,31). The summed E-state index contributed by atoms with van der Waals surface area (Å²) in [7, 11) is 1.65. The van der Waals surface area contributed by atoms with Crippen molar-refractivity contribution in [1.82, 2.24) is 15.1 Å². The number of nitrogens with zero attached hydrogens (tertiary/aromatic N) is 2. The van der Waals surface area contributed by atoms with Crippen LogP contribution in [0.4, 0.5) is 0 Å². The normalized spacial score (nSPS) is 19.5. The van der Waals surface area contributed by atoms with Crippen LogP contribution >= 0.6 is 23.2 Å². The smallest absolute Gasteiger partial charge is 0.254 e. The fraction of sp³-hybridized carbons (Fsp3) is 0.440. The third kappa shape index (κ3) is 5.62. The van der Waals surface area contributed by atoms with Gasteiger partial charge in [0.1, 0.15) is 11.8 Å². The van der Waals surface area contributed by atoms with Gasteiger partial charge in [0, 0.05) is 28.7 Å². The second kappa shape index (κ2) is 10.8. The lowest BCUT2D eigenvalue weighted by Crippen LogP contribution is -2.48. The molecule has 2 fully saturated rings. The van der Waals surface area contributed by atoms with Crippen molar-refractivity contribution < 1.29 is 14.3 Å². The highest BCUT2D eigenvalue weighted by Crippen LogP contribution is 2.28. The second-order valence-electron chi connectivity index (χ2n) is 8.59. The van der Waals surface area contributed by atoms with Gasteiger partial charge in [-0.1, -0.05) is 35.3 Å². The predicted molar refractivity (Wildman–Crippen MR) is 130 cm³/mol. The van der Waals surface area contributed by atoms with Crippen molar-refractivity contribution in [3.8, 4) is 5.75 Å². The highest BCUT2D eigenvalue weighted by molar-refractivity contribution is 6.35. The number of ether oxygens (including phenoxy) is 1. The summed E-state index contributed by atoms with van der Waals surface area (Å²) < 4.78 is 5.29. The van der Waals surface area contributed by atoms with Crippen LogP contribution in [-0.2, 0) is 4.79 Å². The van der Waals surface area contributed by atoms with Crippen molar-refractivity contribution in [2.75, 3.05) is 33.3 Å². The van der Waals surface area contributed by atoms with E-state index in [1.54, 1.807) is 30.2 Å². The van der Waals surface area contributed by atoms with E-state index in [0.717, 1.165) is 43.7 Å². The Labute approximate surface area is 204 Å². The van der Waals surface area contributed by atoms with Gasteiger partial charge in [0.25, 0.3) is 5.91 Å². The van der Waals surface area contributed by atoms with Gasteiger partial charge in [0.05, 0.1) is 13.2 Å². The monoisotopic (exact) mass is 489 g/mol. The van der Waals surface area contributed by atoms with Gasteiger partial charge in [-0.2, -0.15) is 0 Å². The van der Waals surface area contributed by atoms with Crippen LogP contribution in [0.1, 0.15) is 47.6 Å². The van der Waals surface area contributed by atoms with E-state index < -0.39 is 6.04 Å². The predicted octanol–water partition coefficient (Wildman–Crippen LogP) is 4.56. The maximum atomic E-state index is 13.2. The Morgan fingerprint density at radius 1 is 1.03 bits per heavy atom. The molecule has 0 radical (unpaired) electrons. The van der Waals surface area contributed by atoms with E-state index in [4.69, 9.17) is 27.9 Å². The number of hydrogen-bond donors (Lipinski definition) is 1. The second-order valence-corrected chi connectivity index (χ2v) is 9.46. The third-order valence-electron chi connectivity index (χ3n) is 6.48. The third-order valence-corrected chi connectivity index (χ3v) is 6.91. The summed E-state index contributed by atoms with van der Waals surface area (Å²) in [5, 5.41) is 3.93. The van der Waals surface area contributed by atoms with E-state index in [1.807, 2.05) is 12.1 Å². The van der Waals surface area contributed by atoms with Gasteiger partial charge >= 0.3 is 0 Å². The van der Waals surface area contributed by atoms with Crippen LogP contribution in [0.3, 0.4) is 0 Å². The number of carbonyl (C=O) groups is 2. The molecule has 2 saturated heterocycles. The van der Waals surface area contributed by atoms with Crippen molar-refractivity contribution in [1.29, 1.82) is 0 Å². The molecule has 2 amide bonds. The molecule has 176 valence electrons. The van der Waals surface area contributed by atoms with Crippen LogP contribution in [0, 0.1) is 0 Å². The highest BCUT2D eigenvalue weighted by atomic mass is 35.5. The lowest BCUT2D eigenvalue weighted by molar-refractivity contribution is -0.125. The average Bonchev–Trinajstić information content (AvgIpc) is 3.51. The molecule has 0 spiro atoms. The first kappa shape index (κ1) is 23.9. The van der Waals surface area contributed by atoms with Crippen molar-refractivity contribution >= 4 is 35.0 Å². The number of benzene rings is 2. The summed E-state index contributed by atoms with van der Waals surface area (Å²) in [6.45, 7) is 3.05. The van der Waals surface area contributed by atoms with Gasteiger partial charge in [-0.3, -0.25) is 14.5 Å². The van der Waals surface area contributed by atoms with Crippen molar-refractivity contribution in [2.45, 2.75) is 37.8 Å². The van der Waals surface area contributed by atoms with E-state index in [0.29, 0.717) is 35.1 Å². The number of likely N-dealkylation sites (tertiary alicyclic amines) is 2. The zero-order valence-corrected chi connectivity index (χ0v) is 20.2. The summed E-state index contributed by atoms with van der Waals surface area (Å²) in [6.07, 6.45) is 3.75. The lowest BCUT2D eigenvalue weighted by Gasteiger charge is -2.30. The molecular formula is C25H29Cl2N3O3. The highest BCUT2D eigenvalue weighted by Gasteiger charge is 2.35. The maximum absolute atomic E-state index is 13.2. The molecule has 2 aromatic rings. The molecule has 4 rings (SSSR count). The minimum Gasteiger partial charge on any atom is -0.497 e. The summed E-state index contributed by atoms with van der Waals surface area (Å²) >= 11 is 12.2. The Morgan fingerprint density at radius 3 is 2.33 bits per heavy atom. The largest absolute Gasteiger partial charge is 0.497 e. The quantitative estimate of drug-likeness (QED) is 0.618. The molecule has 1 N–H and O–H groups in total. The van der Waals surface area contributed by atoms with Gasteiger partial charge in [-0.25, -0.2) is 0 Å². The summed E-state index contributed by atoms with van der Waals surface area (Å²) in [6, 6.07) is 12.4. The Balaban J connectivity index is 1.45. The molecule has 0 aromatic heterocycles. The number of methoxy groups -OCH3 is 1. The van der Waals surface area contributed by atoms with Crippen molar-refractivity contribution in [3.05, 3.63) is 63.6 Å². The molecule has 2 heterocycles. The van der Waals surface area contributed by atoms with Crippen LogP contribution in [0.2, 0.25) is 10.0 Å². The van der Waals surface area contributed by atoms with Crippen LogP contribution in [0.15, 0.2) is 42.5 Å². The first-order chi connectivity index (χ1) is 16.0. The summed E-state index contributed by atoms with van der Waals surface area (Å²) in [4.78, 5) is 30.3. The fourth-order valence-corrected chi connectivity index (χ4v) is 5.30. The Hall–Kier alpha value is -2.28. The number of rotatable bonds is 7. The van der Waals surface area contributed by atoms with Crippen molar-refractivity contribution in [2.24, 2.45) is 0 Å². The molecule has 6 nitrogen and oxygen atoms in total. The van der Waals surface area contributed by atoms with E-state index in [9.17, 15) is 9.59 Å². The minimum absolute atomic E-state index is 0.0830. The molecule has 2 atom stereocenters. The molecule has 2 unspecified atom stereocenters. The first-order valence-electron chi connectivity index (χ1n) is 11.4. The van der Waals surface area contributed by atoms with E-state index in [-0.39, 0.29) is 17.9 Å². The number of halogens is 2. The lowest BCUT2D eigenvalue weighted by atomic mass is 10.0. The number of amides is 2. The fourth-order valence-electron chi connectivity index (χ4n) is 4.78. The SMILES string of the molecule is COc1ccc(C(CNC(=O)C2CCCN2C(=O)c2cc(Cl)cc(Cl)c2)N2CCCC2)cc1. The molecule has 2 aliphatic heterocycles. The van der Waals surface area contributed by atoms with Crippen molar-refractivity contribution in [3.63, 3.8) is 0 Å². The topological polar surface area (TPSA) is 61.9 Å². The van der Waals surface area contributed by atoms with Gasteiger partial charge in [-0.15, -0.1) is 0 Å². The molecule has 2 aliphatic rings. The molecular weight excluding hydrogens is 461 g/mol. The molecule has 0 bridgehead atoms. The summed E-state index contributed by atoms with van der Waals surface area (Å²) in [5.74, 6) is 0.471. The zero-order valence-electron chi connectivity index (χ0n) is 18.7. The Bertz CT molecular complexity index is 973. The van der Waals surface area contributed by atoms with Crippen LogP contribution in [0.5, 0.6) is 5.75 Å². The van der Waals surface area contributed by atoms with E-state index in [1.165, 1.54) is 0 Å². The van der Waals surface area contributed by atoms with Gasteiger partial charge in [-0.05, 0) is 74.7 Å². The number of hydrogen-bond acceptors (Lipinski definition) is 4. The molecule has 33 heavy (non-hydrogen) atoms. The minimum atomic E-state index is -0.495. The number of carbonyl (C=O) groups excluding carboxylic acids is 2. The van der Waals surface area contributed by atoms with Crippen LogP contribution in [-0.4, -0.2) is 60.9 Å². The molecule has 8 heteroatoms. The number of nitrogens with one attached hydrogen (secondary N) is 1. The van der Waals surface area contributed by atoms with Gasteiger partial charge in [0.2, 0.25) is 5.91 Å². The average molecular weight is 490 g/mol. The van der Waals surface area contributed by atoms with Crippen LogP contribution < -0.4 is 10.1 Å². The molecule has 2 aromatic carbocycles. The Morgan fingerprint density at radius 2 is 1.70 bits per heavy atom. The molecule has 0 aliphatic carbocycles. The molecule has 0 saturated carbocycles. The first-order valence-corrected chi connectivity index (χ1v) is 12.1. The maximum Gasteiger partial charge on any atom is 0.254 e. The van der Waals surface area contributed by atoms with Gasteiger partial charge in [0.15, 0.2) is 0 Å².